The highest BCUT2D eigenvalue weighted by Gasteiger charge is 2.09. The van der Waals surface area contributed by atoms with E-state index in [2.05, 4.69) is 5.32 Å². The Balaban J connectivity index is 1.98. The van der Waals surface area contributed by atoms with E-state index in [1.54, 1.807) is 25.3 Å². The van der Waals surface area contributed by atoms with Gasteiger partial charge in [-0.3, -0.25) is 4.79 Å². The number of unbranched alkanes of at least 4 members (excludes halogenated alkanes) is 1. The lowest BCUT2D eigenvalue weighted by Gasteiger charge is -2.05. The maximum absolute atomic E-state index is 11.8. The molecule has 0 saturated carbocycles. The van der Waals surface area contributed by atoms with E-state index in [1.807, 2.05) is 6.07 Å². The summed E-state index contributed by atoms with van der Waals surface area (Å²) in [7, 11) is 1.64. The molecule has 1 aromatic heterocycles. The first-order chi connectivity index (χ1) is 10.1. The van der Waals surface area contributed by atoms with Crippen LogP contribution in [0.2, 0.25) is 0 Å². The molecule has 2 aromatic rings. The molecule has 2 N–H and O–H groups in total. The van der Waals surface area contributed by atoms with Gasteiger partial charge in [0.05, 0.1) is 0 Å². The zero-order valence-electron chi connectivity index (χ0n) is 11.7. The normalized spacial score (nSPS) is 10.7. The number of carbonyl (C=O) groups excluding carboxylic acids is 1. The van der Waals surface area contributed by atoms with E-state index in [0.717, 1.165) is 22.9 Å². The summed E-state index contributed by atoms with van der Waals surface area (Å²) in [5.41, 5.74) is 0.689. The van der Waals surface area contributed by atoms with Crippen LogP contribution in [0, 0.1) is 0 Å². The first-order valence-corrected chi connectivity index (χ1v) is 7.47. The van der Waals surface area contributed by atoms with Gasteiger partial charge in [-0.15, -0.1) is 11.3 Å². The van der Waals surface area contributed by atoms with Gasteiger partial charge in [-0.25, -0.2) is 4.79 Å². The van der Waals surface area contributed by atoms with Gasteiger partial charge in [-0.1, -0.05) is 0 Å². The van der Waals surface area contributed by atoms with Crippen LogP contribution in [0.25, 0.3) is 10.1 Å². The number of fused-ring (bicyclic) bond motifs is 1. The summed E-state index contributed by atoms with van der Waals surface area (Å²) in [5.74, 6) is -0.973. The Bertz CT molecular complexity index is 650. The monoisotopic (exact) mass is 307 g/mol. The van der Waals surface area contributed by atoms with Crippen molar-refractivity contribution in [1.29, 1.82) is 0 Å². The summed E-state index contributed by atoms with van der Waals surface area (Å²) >= 11 is 1.23. The van der Waals surface area contributed by atoms with Crippen LogP contribution in [0.15, 0.2) is 24.3 Å². The summed E-state index contributed by atoms with van der Waals surface area (Å²) in [5, 5.41) is 12.6. The van der Waals surface area contributed by atoms with Gasteiger partial charge in [0.2, 0.25) is 5.91 Å². The van der Waals surface area contributed by atoms with Gasteiger partial charge in [0.25, 0.3) is 0 Å². The number of aromatic carboxylic acids is 1. The number of carboxylic acid groups (broad SMARTS) is 1. The molecule has 0 saturated heterocycles. The average molecular weight is 307 g/mol. The lowest BCUT2D eigenvalue weighted by molar-refractivity contribution is -0.116. The van der Waals surface area contributed by atoms with E-state index in [-0.39, 0.29) is 5.91 Å². The lowest BCUT2D eigenvalue weighted by atomic mass is 10.2. The molecule has 1 aromatic carbocycles. The molecule has 112 valence electrons. The molecule has 1 amide bonds. The van der Waals surface area contributed by atoms with Gasteiger partial charge >= 0.3 is 5.97 Å². The highest BCUT2D eigenvalue weighted by Crippen LogP contribution is 2.28. The Morgan fingerprint density at radius 2 is 2.10 bits per heavy atom. The molecule has 5 nitrogen and oxygen atoms in total. The van der Waals surface area contributed by atoms with Gasteiger partial charge in [-0.05, 0) is 42.5 Å². The third-order valence-electron chi connectivity index (χ3n) is 3.01. The van der Waals surface area contributed by atoms with E-state index in [4.69, 9.17) is 9.84 Å². The number of rotatable bonds is 7. The van der Waals surface area contributed by atoms with Crippen molar-refractivity contribution in [3.63, 3.8) is 0 Å². The van der Waals surface area contributed by atoms with Crippen molar-refractivity contribution in [2.45, 2.75) is 19.3 Å². The molecule has 0 unspecified atom stereocenters. The van der Waals surface area contributed by atoms with Crippen LogP contribution in [0.3, 0.4) is 0 Å². The van der Waals surface area contributed by atoms with Crippen LogP contribution in [-0.4, -0.2) is 30.7 Å². The van der Waals surface area contributed by atoms with Crippen molar-refractivity contribution in [3.8, 4) is 0 Å². The second kappa shape index (κ2) is 7.19. The number of amides is 1. The fourth-order valence-corrected chi connectivity index (χ4v) is 2.86. The topological polar surface area (TPSA) is 75.6 Å². The van der Waals surface area contributed by atoms with Crippen LogP contribution >= 0.6 is 11.3 Å². The van der Waals surface area contributed by atoms with Crippen LogP contribution in [-0.2, 0) is 9.53 Å². The second-order valence-corrected chi connectivity index (χ2v) is 5.75. The number of carbonyl (C=O) groups is 2. The van der Waals surface area contributed by atoms with Gasteiger partial charge in [0.15, 0.2) is 0 Å². The third kappa shape index (κ3) is 4.27. The molecule has 2 rings (SSSR count). The number of methoxy groups -OCH3 is 1. The third-order valence-corrected chi connectivity index (χ3v) is 4.12. The standard InChI is InChI=1S/C15H17NO4S/c1-20-7-3-2-4-14(17)16-11-5-6-12-10(8-11)9-13(21-12)15(18)19/h5-6,8-9H,2-4,7H2,1H3,(H,16,17)(H,18,19). The fraction of sp³-hybridized carbons (Fsp3) is 0.333. The number of hydrogen-bond acceptors (Lipinski definition) is 4. The SMILES string of the molecule is COCCCCC(=O)Nc1ccc2sc(C(=O)O)cc2c1. The van der Waals surface area contributed by atoms with Crippen LogP contribution < -0.4 is 5.32 Å². The molecule has 0 fully saturated rings. The van der Waals surface area contributed by atoms with Crippen molar-refractivity contribution in [2.24, 2.45) is 0 Å². The molecular weight excluding hydrogens is 290 g/mol. The predicted octanol–water partition coefficient (Wildman–Crippen LogP) is 3.35. The summed E-state index contributed by atoms with van der Waals surface area (Å²) in [6, 6.07) is 7.03. The summed E-state index contributed by atoms with van der Waals surface area (Å²) in [6.45, 7) is 0.659. The van der Waals surface area contributed by atoms with Crippen molar-refractivity contribution >= 4 is 39.0 Å². The molecule has 0 aliphatic heterocycles. The van der Waals surface area contributed by atoms with Gasteiger partial charge in [-0.2, -0.15) is 0 Å². The van der Waals surface area contributed by atoms with Crippen molar-refractivity contribution in [1.82, 2.24) is 0 Å². The molecule has 0 radical (unpaired) electrons. The first-order valence-electron chi connectivity index (χ1n) is 6.66. The minimum absolute atomic E-state index is 0.0425. The highest BCUT2D eigenvalue weighted by atomic mass is 32.1. The van der Waals surface area contributed by atoms with Gasteiger partial charge in [0, 0.05) is 30.5 Å². The molecular formula is C15H17NO4S. The zero-order valence-corrected chi connectivity index (χ0v) is 12.5. The molecule has 0 atom stereocenters. The number of nitrogens with one attached hydrogen (secondary N) is 1. The van der Waals surface area contributed by atoms with E-state index < -0.39 is 5.97 Å². The van der Waals surface area contributed by atoms with E-state index >= 15 is 0 Å². The van der Waals surface area contributed by atoms with E-state index in [9.17, 15) is 9.59 Å². The predicted molar refractivity (Wildman–Crippen MR) is 83.1 cm³/mol. The smallest absolute Gasteiger partial charge is 0.345 e. The highest BCUT2D eigenvalue weighted by molar-refractivity contribution is 7.20. The number of carboxylic acids is 1. The Morgan fingerprint density at radius 1 is 1.29 bits per heavy atom. The minimum atomic E-state index is -0.931. The Kier molecular flexibility index (Phi) is 5.30. The lowest BCUT2D eigenvalue weighted by Crippen LogP contribution is -2.11. The van der Waals surface area contributed by atoms with E-state index in [1.165, 1.54) is 11.3 Å². The second-order valence-electron chi connectivity index (χ2n) is 4.67. The van der Waals surface area contributed by atoms with Gasteiger partial charge in [0.1, 0.15) is 4.88 Å². The Morgan fingerprint density at radius 3 is 2.81 bits per heavy atom. The molecule has 6 heteroatoms. The number of hydrogen-bond donors (Lipinski definition) is 2. The molecule has 0 aliphatic carbocycles. The van der Waals surface area contributed by atoms with Crippen LogP contribution in [0.1, 0.15) is 28.9 Å². The summed E-state index contributed by atoms with van der Waals surface area (Å²) in [4.78, 5) is 23.0. The number of thiophene rings is 1. The molecule has 0 spiro atoms. The quantitative estimate of drug-likeness (QED) is 0.769. The number of ether oxygens (including phenoxy) is 1. The van der Waals surface area contributed by atoms with Crippen LogP contribution in [0.5, 0.6) is 0 Å². The molecule has 21 heavy (non-hydrogen) atoms. The fourth-order valence-electron chi connectivity index (χ4n) is 1.98. The maximum atomic E-state index is 11.8. The van der Waals surface area contributed by atoms with Crippen LogP contribution in [0.4, 0.5) is 5.69 Å². The van der Waals surface area contributed by atoms with Gasteiger partial charge < -0.3 is 15.2 Å². The Labute approximate surface area is 126 Å². The maximum Gasteiger partial charge on any atom is 0.345 e. The summed E-state index contributed by atoms with van der Waals surface area (Å²) < 4.78 is 5.83. The summed E-state index contributed by atoms with van der Waals surface area (Å²) in [6.07, 6.45) is 2.09. The minimum Gasteiger partial charge on any atom is -0.477 e. The average Bonchev–Trinajstić information content (AvgIpc) is 2.87. The van der Waals surface area contributed by atoms with Crippen molar-refractivity contribution in [3.05, 3.63) is 29.1 Å². The zero-order chi connectivity index (χ0) is 15.2. The number of benzene rings is 1. The largest absolute Gasteiger partial charge is 0.477 e. The molecule has 1 heterocycles. The van der Waals surface area contributed by atoms with E-state index in [0.29, 0.717) is 23.6 Å². The Hall–Kier alpha value is -1.92. The molecule has 0 aliphatic rings. The van der Waals surface area contributed by atoms with Crippen molar-refractivity contribution in [2.75, 3.05) is 19.0 Å². The molecule has 0 bridgehead atoms. The van der Waals surface area contributed by atoms with Crippen molar-refractivity contribution < 1.29 is 19.4 Å². The first kappa shape index (κ1) is 15.5. The number of anilines is 1.